The van der Waals surface area contributed by atoms with Crippen LogP contribution < -0.4 is 20.0 Å². The molecule has 4 rings (SSSR count). The Hall–Kier alpha value is -3.65. The number of aromatic nitrogens is 3. The van der Waals surface area contributed by atoms with Crippen molar-refractivity contribution in [1.82, 2.24) is 20.3 Å². The Morgan fingerprint density at radius 1 is 1.00 bits per heavy atom. The molecule has 0 saturated carbocycles. The van der Waals surface area contributed by atoms with Gasteiger partial charge in [-0.3, -0.25) is 0 Å². The summed E-state index contributed by atoms with van der Waals surface area (Å²) in [5.74, 6) is 1.88. The van der Waals surface area contributed by atoms with Crippen LogP contribution >= 0.6 is 0 Å². The minimum Gasteiger partial charge on any atom is -0.393 e. The lowest BCUT2D eigenvalue weighted by atomic mass is 10.2. The fourth-order valence-corrected chi connectivity index (χ4v) is 3.74. The van der Waals surface area contributed by atoms with Gasteiger partial charge in [0, 0.05) is 45.3 Å². The molecule has 0 amide bonds. The summed E-state index contributed by atoms with van der Waals surface area (Å²) < 4.78 is 5.55. The van der Waals surface area contributed by atoms with Crippen molar-refractivity contribution in [1.29, 1.82) is 0 Å². The van der Waals surface area contributed by atoms with Crippen molar-refractivity contribution >= 4 is 17.8 Å². The summed E-state index contributed by atoms with van der Waals surface area (Å²) in [6, 6.07) is 0. The monoisotopic (exact) mass is 459 g/mol. The number of rotatable bonds is 8. The molecule has 34 heavy (non-hydrogen) atoms. The summed E-state index contributed by atoms with van der Waals surface area (Å²) in [5, 5.41) is 3.03. The third-order valence-electron chi connectivity index (χ3n) is 5.60. The van der Waals surface area contributed by atoms with E-state index in [-0.39, 0.29) is 0 Å². The average Bonchev–Trinajstić information content (AvgIpc) is 3.31. The van der Waals surface area contributed by atoms with Crippen LogP contribution in [0.5, 0.6) is 0 Å². The molecule has 1 fully saturated rings. The third kappa shape index (κ3) is 6.23. The van der Waals surface area contributed by atoms with Crippen molar-refractivity contribution in [3.05, 3.63) is 84.4 Å². The predicted molar refractivity (Wildman–Crippen MR) is 139 cm³/mol. The molecule has 0 aromatic carbocycles. The second kappa shape index (κ2) is 12.0. The van der Waals surface area contributed by atoms with Gasteiger partial charge in [0.15, 0.2) is 0 Å². The molecule has 8 heteroatoms. The lowest BCUT2D eigenvalue weighted by Crippen LogP contribution is -2.38. The lowest BCUT2D eigenvalue weighted by Gasteiger charge is -2.30. The van der Waals surface area contributed by atoms with Crippen LogP contribution in [0, 0.1) is 0 Å². The van der Waals surface area contributed by atoms with Crippen molar-refractivity contribution in [2.45, 2.75) is 12.8 Å². The van der Waals surface area contributed by atoms with Crippen molar-refractivity contribution in [2.75, 3.05) is 61.6 Å². The zero-order chi connectivity index (χ0) is 23.6. The highest BCUT2D eigenvalue weighted by Gasteiger charge is 2.22. The van der Waals surface area contributed by atoms with Gasteiger partial charge in [0.05, 0.1) is 19.8 Å². The van der Waals surface area contributed by atoms with Gasteiger partial charge in [0.1, 0.15) is 0 Å². The van der Waals surface area contributed by atoms with Gasteiger partial charge in [0.2, 0.25) is 17.8 Å². The fraction of sp³-hybridized carbons (Fsp3) is 0.346. The molecule has 1 aromatic heterocycles. The maximum atomic E-state index is 5.55. The zero-order valence-corrected chi connectivity index (χ0v) is 20.0. The summed E-state index contributed by atoms with van der Waals surface area (Å²) in [6.07, 6.45) is 26.9. The summed E-state index contributed by atoms with van der Waals surface area (Å²) in [7, 11) is 3.81. The molecule has 1 N–H and O–H groups in total. The van der Waals surface area contributed by atoms with Crippen LogP contribution in [0.2, 0.25) is 0 Å². The Morgan fingerprint density at radius 3 is 2.68 bits per heavy atom. The molecule has 0 radical (unpaired) electrons. The maximum absolute atomic E-state index is 5.55. The second-order valence-corrected chi connectivity index (χ2v) is 8.10. The van der Waals surface area contributed by atoms with E-state index in [4.69, 9.17) is 19.7 Å². The minimum absolute atomic E-state index is 0.588. The number of nitrogens with one attached hydrogen (secondary N) is 1. The molecule has 0 unspecified atom stereocenters. The van der Waals surface area contributed by atoms with E-state index in [1.807, 2.05) is 31.4 Å². The molecule has 0 spiro atoms. The molecule has 2 aliphatic carbocycles. The first kappa shape index (κ1) is 23.5. The highest BCUT2D eigenvalue weighted by atomic mass is 16.5. The van der Waals surface area contributed by atoms with Crippen LogP contribution in [0.4, 0.5) is 17.8 Å². The van der Waals surface area contributed by atoms with E-state index in [1.54, 1.807) is 0 Å². The summed E-state index contributed by atoms with van der Waals surface area (Å²) in [6.45, 7) is 3.49. The van der Waals surface area contributed by atoms with Gasteiger partial charge >= 0.3 is 0 Å². The van der Waals surface area contributed by atoms with E-state index < -0.39 is 0 Å². The van der Waals surface area contributed by atoms with E-state index in [9.17, 15) is 0 Å². The van der Waals surface area contributed by atoms with Gasteiger partial charge in [0.25, 0.3) is 0 Å². The number of nitrogens with zero attached hydrogens (tertiary/aromatic N) is 6. The number of allylic oxidation sites excluding steroid dienone is 9. The van der Waals surface area contributed by atoms with E-state index in [1.165, 1.54) is 5.57 Å². The molecule has 8 nitrogen and oxygen atoms in total. The van der Waals surface area contributed by atoms with Crippen LogP contribution in [0.3, 0.4) is 0 Å². The van der Waals surface area contributed by atoms with E-state index in [0.29, 0.717) is 37.6 Å². The molecule has 1 saturated heterocycles. The largest absolute Gasteiger partial charge is 0.393 e. The Balaban J connectivity index is 1.77. The van der Waals surface area contributed by atoms with E-state index in [0.717, 1.165) is 31.6 Å². The SMILES string of the molecule is CN/C=C\N(C)c1nc(N2CCOCC2)nc(N(CC2=CC=CCC=C2)C2=CCC=CC=C2)n1. The number of hydrogen-bond acceptors (Lipinski definition) is 8. The number of ether oxygens (including phenoxy) is 1. The quantitative estimate of drug-likeness (QED) is 0.634. The first-order valence-corrected chi connectivity index (χ1v) is 11.7. The molecule has 0 bridgehead atoms. The molecule has 1 aliphatic heterocycles. The van der Waals surface area contributed by atoms with Crippen LogP contribution in [-0.4, -0.2) is 61.9 Å². The second-order valence-electron chi connectivity index (χ2n) is 8.10. The highest BCUT2D eigenvalue weighted by Crippen LogP contribution is 2.25. The van der Waals surface area contributed by atoms with Crippen molar-refractivity contribution in [3.63, 3.8) is 0 Å². The Labute approximate surface area is 202 Å². The van der Waals surface area contributed by atoms with Crippen molar-refractivity contribution in [2.24, 2.45) is 0 Å². The molecular formula is C26H33N7O. The third-order valence-corrected chi connectivity index (χ3v) is 5.60. The Bertz CT molecular complexity index is 1050. The molecule has 1 aromatic rings. The normalized spacial score (nSPS) is 17.9. The first-order chi connectivity index (χ1) is 16.7. The number of hydrogen-bond donors (Lipinski definition) is 1. The number of anilines is 3. The van der Waals surface area contributed by atoms with Gasteiger partial charge < -0.3 is 24.8 Å². The smallest absolute Gasteiger partial charge is 0.236 e. The van der Waals surface area contributed by atoms with Gasteiger partial charge in [-0.1, -0.05) is 54.7 Å². The summed E-state index contributed by atoms with van der Waals surface area (Å²) in [5.41, 5.74) is 2.25. The Morgan fingerprint density at radius 2 is 1.82 bits per heavy atom. The van der Waals surface area contributed by atoms with Gasteiger partial charge in [-0.2, -0.15) is 15.0 Å². The lowest BCUT2D eigenvalue weighted by molar-refractivity contribution is 0.122. The van der Waals surface area contributed by atoms with Crippen LogP contribution in [0.25, 0.3) is 0 Å². The van der Waals surface area contributed by atoms with Gasteiger partial charge in [-0.25, -0.2) is 0 Å². The highest BCUT2D eigenvalue weighted by molar-refractivity contribution is 5.55. The summed E-state index contributed by atoms with van der Waals surface area (Å²) in [4.78, 5) is 20.9. The molecule has 178 valence electrons. The van der Waals surface area contributed by atoms with E-state index >= 15 is 0 Å². The van der Waals surface area contributed by atoms with Gasteiger partial charge in [-0.05, 0) is 24.5 Å². The van der Waals surface area contributed by atoms with Crippen LogP contribution in [-0.2, 0) is 4.74 Å². The van der Waals surface area contributed by atoms with Crippen molar-refractivity contribution in [3.8, 4) is 0 Å². The predicted octanol–water partition coefficient (Wildman–Crippen LogP) is 3.48. The van der Waals surface area contributed by atoms with Crippen LogP contribution in [0.15, 0.2) is 84.4 Å². The first-order valence-electron chi connectivity index (χ1n) is 11.7. The zero-order valence-electron chi connectivity index (χ0n) is 20.0. The van der Waals surface area contributed by atoms with E-state index in [2.05, 4.69) is 75.9 Å². The van der Waals surface area contributed by atoms with Crippen LogP contribution in [0.1, 0.15) is 12.8 Å². The fourth-order valence-electron chi connectivity index (χ4n) is 3.74. The van der Waals surface area contributed by atoms with Crippen molar-refractivity contribution < 1.29 is 4.74 Å². The summed E-state index contributed by atoms with van der Waals surface area (Å²) >= 11 is 0. The molecule has 2 heterocycles. The molecular weight excluding hydrogens is 426 g/mol. The van der Waals surface area contributed by atoms with Gasteiger partial charge in [-0.15, -0.1) is 0 Å². The topological polar surface area (TPSA) is 69.7 Å². The molecule has 0 atom stereocenters. The minimum atomic E-state index is 0.588. The number of morpholine rings is 1. The molecule has 3 aliphatic rings. The maximum Gasteiger partial charge on any atom is 0.236 e. The average molecular weight is 460 g/mol. The Kier molecular flexibility index (Phi) is 8.29. The standard InChI is InChI=1S/C26H33N7O/c1-27-15-16-31(2)24-28-25(32-17-19-34-20-18-32)30-26(29-24)33(23-13-9-5-6-10-14-23)21-22-11-7-3-4-8-12-22/h3,5-9,11-16,27H,4,10,17-21H2,1-2H3/b16-15-.